The summed E-state index contributed by atoms with van der Waals surface area (Å²) >= 11 is 0. The molecule has 310 valence electrons. The summed E-state index contributed by atoms with van der Waals surface area (Å²) in [7, 11) is 0. The molecular weight excluding hydrogens is 793 g/mol. The number of nitrogens with zero attached hydrogens (tertiary/aromatic N) is 2. The number of benzene rings is 6. The van der Waals surface area contributed by atoms with Crippen LogP contribution < -0.4 is 4.74 Å². The van der Waals surface area contributed by atoms with Crippen molar-refractivity contribution in [3.8, 4) is 61.9 Å². The summed E-state index contributed by atoms with van der Waals surface area (Å²) in [4.78, 5) is 10.3. The molecule has 65 heavy (non-hydrogen) atoms. The maximum Gasteiger partial charge on any atom is 0.160 e. The summed E-state index contributed by atoms with van der Waals surface area (Å²) in [5.74, 6) is 4.46. The topological polar surface area (TPSA) is 48.2 Å². The minimum Gasteiger partial charge on any atom is -0.461 e. The summed E-state index contributed by atoms with van der Waals surface area (Å²) in [6.07, 6.45) is 24.4. The average Bonchev–Trinajstić information content (AvgIpc) is 3.59. The van der Waals surface area contributed by atoms with Gasteiger partial charge in [0.15, 0.2) is 5.82 Å². The SMILES string of the molecule is CC1C=Cc2oc3c(-c4ccc(-c5cc(-c6ccc(-c7ccc8c(c7)C7(c9ccccc9C9=CC7C=CC=C9)C7CC=CC=C7O8)cc6)nc(-c6ccccc6)n5)cc4)cccc3c2C1. The molecule has 0 amide bonds. The van der Waals surface area contributed by atoms with Gasteiger partial charge in [-0.1, -0.05) is 183 Å². The van der Waals surface area contributed by atoms with Crippen molar-refractivity contribution in [2.24, 2.45) is 17.8 Å². The van der Waals surface area contributed by atoms with E-state index in [-0.39, 0.29) is 17.3 Å². The van der Waals surface area contributed by atoms with Crippen LogP contribution in [0.15, 0.2) is 210 Å². The van der Waals surface area contributed by atoms with Gasteiger partial charge >= 0.3 is 0 Å². The third-order valence-electron chi connectivity index (χ3n) is 14.3. The standard InChI is InChI=1S/C61H44N2O2/c1-38-22-32-56-50(34-38)49-18-11-17-48(59(49)65-56)40-25-29-42(30-26-40)55-37-54(62-60(63-55)43-12-3-2-4-13-43)41-27-23-39(24-28-41)44-31-33-58-53(36-44)61(52-20-9-10-21-57(52)64-58)46-15-6-5-14-45(35-46)47-16-7-8-19-51(47)61/h2-19,21-33,35-38,46,52H,20,34H2,1H3. The number of allylic oxidation sites excluding steroid dienone is 11. The molecule has 1 spiro atoms. The van der Waals surface area contributed by atoms with E-state index in [0.717, 1.165) is 86.0 Å². The lowest BCUT2D eigenvalue weighted by atomic mass is 9.52. The number of furan rings is 1. The Morgan fingerprint density at radius 2 is 1.34 bits per heavy atom. The first-order valence-electron chi connectivity index (χ1n) is 22.8. The normalized spacial score (nSPS) is 20.8. The van der Waals surface area contributed by atoms with E-state index in [4.69, 9.17) is 19.1 Å². The highest BCUT2D eigenvalue weighted by Crippen LogP contribution is 2.61. The zero-order chi connectivity index (χ0) is 43.1. The summed E-state index contributed by atoms with van der Waals surface area (Å²) in [5.41, 5.74) is 16.4. The zero-order valence-corrected chi connectivity index (χ0v) is 36.0. The second-order valence-corrected chi connectivity index (χ2v) is 18.1. The Morgan fingerprint density at radius 3 is 2.17 bits per heavy atom. The summed E-state index contributed by atoms with van der Waals surface area (Å²) in [6, 6.07) is 52.2. The van der Waals surface area contributed by atoms with Gasteiger partial charge in [-0.05, 0) is 82.5 Å². The Balaban J connectivity index is 0.876. The zero-order valence-electron chi connectivity index (χ0n) is 36.0. The molecule has 0 fully saturated rings. The number of rotatable bonds is 5. The van der Waals surface area contributed by atoms with Gasteiger partial charge in [-0.15, -0.1) is 0 Å². The number of hydrogen-bond donors (Lipinski definition) is 0. The molecule has 8 aromatic rings. The molecule has 0 radical (unpaired) electrons. The Kier molecular flexibility index (Phi) is 8.64. The predicted octanol–water partition coefficient (Wildman–Crippen LogP) is 15.0. The molecule has 2 aromatic heterocycles. The first-order valence-corrected chi connectivity index (χ1v) is 22.8. The van der Waals surface area contributed by atoms with Crippen molar-refractivity contribution in [2.75, 3.05) is 0 Å². The largest absolute Gasteiger partial charge is 0.461 e. The number of hydrogen-bond acceptors (Lipinski definition) is 4. The Hall–Kier alpha value is -7.82. The smallest absolute Gasteiger partial charge is 0.160 e. The lowest BCUT2D eigenvalue weighted by Crippen LogP contribution is -2.48. The van der Waals surface area contributed by atoms with Crippen LogP contribution in [0.4, 0.5) is 0 Å². The minimum atomic E-state index is -0.339. The van der Waals surface area contributed by atoms with E-state index in [2.05, 4.69) is 195 Å². The highest BCUT2D eigenvalue weighted by atomic mass is 16.5. The molecule has 6 aromatic carbocycles. The Morgan fingerprint density at radius 1 is 0.600 bits per heavy atom. The highest BCUT2D eigenvalue weighted by Gasteiger charge is 2.55. The maximum atomic E-state index is 6.80. The van der Waals surface area contributed by atoms with Gasteiger partial charge < -0.3 is 9.15 Å². The van der Waals surface area contributed by atoms with E-state index in [0.29, 0.717) is 11.7 Å². The highest BCUT2D eigenvalue weighted by molar-refractivity contribution is 5.97. The van der Waals surface area contributed by atoms with E-state index in [1.165, 1.54) is 33.2 Å². The van der Waals surface area contributed by atoms with Gasteiger partial charge in [-0.25, -0.2) is 9.97 Å². The molecule has 5 aliphatic rings. The van der Waals surface area contributed by atoms with Crippen molar-refractivity contribution < 1.29 is 9.15 Å². The monoisotopic (exact) mass is 836 g/mol. The number of para-hydroxylation sites is 1. The van der Waals surface area contributed by atoms with Crippen LogP contribution in [0.1, 0.15) is 41.4 Å². The molecule has 4 unspecified atom stereocenters. The van der Waals surface area contributed by atoms with Crippen molar-refractivity contribution in [1.82, 2.24) is 9.97 Å². The Labute approximate surface area is 379 Å². The molecule has 13 rings (SSSR count). The minimum absolute atomic E-state index is 0.154. The molecule has 4 atom stereocenters. The van der Waals surface area contributed by atoms with Crippen molar-refractivity contribution in [2.45, 2.75) is 25.2 Å². The molecule has 0 saturated carbocycles. The van der Waals surface area contributed by atoms with Crippen LogP contribution in [0.25, 0.3) is 78.8 Å². The van der Waals surface area contributed by atoms with E-state index in [1.807, 2.05) is 18.2 Å². The van der Waals surface area contributed by atoms with Crippen LogP contribution in [0.5, 0.6) is 5.75 Å². The molecule has 4 heteroatoms. The van der Waals surface area contributed by atoms with Crippen molar-refractivity contribution in [1.29, 1.82) is 0 Å². The average molecular weight is 837 g/mol. The maximum absolute atomic E-state index is 6.80. The second-order valence-electron chi connectivity index (χ2n) is 18.1. The van der Waals surface area contributed by atoms with Gasteiger partial charge in [-0.2, -0.15) is 0 Å². The van der Waals surface area contributed by atoms with E-state index in [1.54, 1.807) is 0 Å². The van der Waals surface area contributed by atoms with Gasteiger partial charge in [0.2, 0.25) is 0 Å². The van der Waals surface area contributed by atoms with Crippen LogP contribution in [-0.2, 0) is 11.8 Å². The third kappa shape index (κ3) is 6.04. The molecule has 0 N–H and O–H groups in total. The van der Waals surface area contributed by atoms with Gasteiger partial charge in [0.25, 0.3) is 0 Å². The summed E-state index contributed by atoms with van der Waals surface area (Å²) < 4.78 is 13.3. The number of ether oxygens (including phenoxy) is 1. The lowest BCUT2D eigenvalue weighted by Gasteiger charge is -2.52. The van der Waals surface area contributed by atoms with Crippen LogP contribution in [-0.4, -0.2) is 9.97 Å². The van der Waals surface area contributed by atoms with Crippen molar-refractivity contribution in [3.63, 3.8) is 0 Å². The van der Waals surface area contributed by atoms with Gasteiger partial charge in [0.05, 0.1) is 11.4 Å². The quantitative estimate of drug-likeness (QED) is 0.173. The fourth-order valence-electron chi connectivity index (χ4n) is 11.2. The molecule has 2 bridgehead atoms. The first kappa shape index (κ1) is 37.7. The van der Waals surface area contributed by atoms with Crippen molar-refractivity contribution in [3.05, 3.63) is 234 Å². The van der Waals surface area contributed by atoms with E-state index >= 15 is 0 Å². The van der Waals surface area contributed by atoms with Crippen LogP contribution >= 0.6 is 0 Å². The first-order chi connectivity index (χ1) is 32.1. The fraction of sp³-hybridized carbons (Fsp3) is 0.115. The van der Waals surface area contributed by atoms with Crippen molar-refractivity contribution >= 4 is 22.6 Å². The van der Waals surface area contributed by atoms with Gasteiger partial charge in [0, 0.05) is 56.0 Å². The van der Waals surface area contributed by atoms with E-state index in [9.17, 15) is 0 Å². The Bertz CT molecular complexity index is 3420. The van der Waals surface area contributed by atoms with Crippen LogP contribution in [0.2, 0.25) is 0 Å². The van der Waals surface area contributed by atoms with Gasteiger partial charge in [-0.3, -0.25) is 0 Å². The lowest BCUT2D eigenvalue weighted by molar-refractivity contribution is 0.199. The molecule has 3 heterocycles. The third-order valence-corrected chi connectivity index (χ3v) is 14.3. The molecule has 4 aliphatic carbocycles. The van der Waals surface area contributed by atoms with Gasteiger partial charge in [0.1, 0.15) is 22.9 Å². The molecule has 4 nitrogen and oxygen atoms in total. The summed E-state index contributed by atoms with van der Waals surface area (Å²) in [6.45, 7) is 2.26. The molecule has 1 aliphatic heterocycles. The van der Waals surface area contributed by atoms with Crippen LogP contribution in [0.3, 0.4) is 0 Å². The van der Waals surface area contributed by atoms with E-state index < -0.39 is 0 Å². The fourth-order valence-corrected chi connectivity index (χ4v) is 11.2. The summed E-state index contributed by atoms with van der Waals surface area (Å²) in [5, 5.41) is 1.20. The number of aromatic nitrogens is 2. The number of fused-ring (bicyclic) bond motifs is 12. The van der Waals surface area contributed by atoms with Crippen LogP contribution in [0, 0.1) is 17.8 Å². The predicted molar refractivity (Wildman–Crippen MR) is 264 cm³/mol. The molecular formula is C61H44N2O2. The molecule has 0 saturated heterocycles. The second kappa shape index (κ2) is 14.9.